The van der Waals surface area contributed by atoms with Gasteiger partial charge in [0.05, 0.1) is 6.10 Å². The lowest BCUT2D eigenvalue weighted by Gasteiger charge is -2.58. The van der Waals surface area contributed by atoms with Crippen molar-refractivity contribution in [2.75, 3.05) is 0 Å². The largest absolute Gasteiger partial charge is 0.726 e. The summed E-state index contributed by atoms with van der Waals surface area (Å²) in [5, 5.41) is 0. The molecule has 3 fully saturated rings. The Hall–Kier alpha value is -0.430. The molecule has 3 saturated carbocycles. The van der Waals surface area contributed by atoms with Gasteiger partial charge in [0.1, 0.15) is 0 Å². The molecule has 0 heterocycles. The topological polar surface area (TPSA) is 103 Å². The third-order valence-corrected chi connectivity index (χ3v) is 11.0. The van der Waals surface area contributed by atoms with Crippen LogP contribution in [0.1, 0.15) is 105 Å². The van der Waals surface area contributed by atoms with Gasteiger partial charge in [-0.1, -0.05) is 65.5 Å². The van der Waals surface area contributed by atoms with Crippen molar-refractivity contribution in [1.29, 1.82) is 0 Å². The van der Waals surface area contributed by atoms with Crippen LogP contribution in [0.15, 0.2) is 11.6 Å². The van der Waals surface area contributed by atoms with Crippen LogP contribution in [0.2, 0.25) is 0 Å². The smallest absolute Gasteiger partial charge is 0.217 e. The van der Waals surface area contributed by atoms with Gasteiger partial charge in [0.2, 0.25) is 10.4 Å². The van der Waals surface area contributed by atoms with E-state index in [9.17, 15) is 13.0 Å². The molecule has 0 aromatic heterocycles. The number of allylic oxidation sites excluding steroid dienone is 1. The van der Waals surface area contributed by atoms with Crippen molar-refractivity contribution in [3.8, 4) is 0 Å². The van der Waals surface area contributed by atoms with Crippen molar-refractivity contribution in [3.05, 3.63) is 11.6 Å². The maximum Gasteiger partial charge on any atom is 0.217 e. The lowest BCUT2D eigenvalue weighted by atomic mass is 9.47. The molecule has 0 spiro atoms. The zero-order valence-electron chi connectivity index (χ0n) is 21.9. The first-order valence-corrected chi connectivity index (χ1v) is 14.6. The summed E-state index contributed by atoms with van der Waals surface area (Å²) in [5.41, 5.74) is 1.99. The van der Waals surface area contributed by atoms with Gasteiger partial charge in [0.25, 0.3) is 0 Å². The molecule has 0 aromatic carbocycles. The molecule has 33 heavy (non-hydrogen) atoms. The molecular weight excluding hydrogens is 434 g/mol. The molecule has 0 unspecified atom stereocenters. The van der Waals surface area contributed by atoms with Gasteiger partial charge >= 0.3 is 0 Å². The SMILES string of the molecule is CC(C)CCC[C@@H](C)[C@H]1CC[C@H]2[C@@H]3CC=C4C[C@H](OS(=O)(=O)[O-])CC[C@]4(C)[C@H]3CC[C@]12C.[NH4+]. The molecule has 0 amide bonds. The number of fused-ring (bicyclic) bond motifs is 5. The van der Waals surface area contributed by atoms with Crippen molar-refractivity contribution in [2.24, 2.45) is 46.3 Å². The molecule has 8 atom stereocenters. The van der Waals surface area contributed by atoms with Gasteiger partial charge in [-0.25, -0.2) is 8.42 Å². The van der Waals surface area contributed by atoms with E-state index in [1.807, 2.05) is 0 Å². The standard InChI is InChI=1S/C27H46O4S.H3N/c1-18(2)7-6-8-19(3)23-11-12-24-22-10-9-20-17-21(31-32(28,29)30)13-15-26(20,4)25(22)14-16-27(23,24)5;/h9,18-19,21-25H,6-8,10-17H2,1-5H3,(H,28,29,30);1H3/t19-,21-,22+,23-,24+,25+,26+,27-;/m1./s1. The number of quaternary nitrogens is 1. The van der Waals surface area contributed by atoms with E-state index < -0.39 is 16.5 Å². The molecule has 4 N–H and O–H groups in total. The molecule has 0 saturated heterocycles. The van der Waals surface area contributed by atoms with Crippen LogP contribution in [0.3, 0.4) is 0 Å². The molecule has 192 valence electrons. The quantitative estimate of drug-likeness (QED) is 0.234. The van der Waals surface area contributed by atoms with Gasteiger partial charge < -0.3 is 10.7 Å². The molecule has 0 aliphatic heterocycles. The third-order valence-electron chi connectivity index (χ3n) is 10.5. The Kier molecular flexibility index (Phi) is 8.15. The molecular formula is C27H49NO4S. The monoisotopic (exact) mass is 483 g/mol. The maximum absolute atomic E-state index is 11.1. The van der Waals surface area contributed by atoms with Crippen LogP contribution >= 0.6 is 0 Å². The number of hydrogen-bond donors (Lipinski definition) is 1. The predicted molar refractivity (Wildman–Crippen MR) is 134 cm³/mol. The second-order valence-electron chi connectivity index (χ2n) is 12.7. The highest BCUT2D eigenvalue weighted by Gasteiger charge is 2.59. The normalized spacial score (nSPS) is 41.4. The molecule has 0 radical (unpaired) electrons. The number of rotatable bonds is 7. The van der Waals surface area contributed by atoms with Crippen LogP contribution in [-0.4, -0.2) is 19.1 Å². The Balaban J connectivity index is 0.00000306. The van der Waals surface area contributed by atoms with E-state index in [1.165, 1.54) is 50.5 Å². The first kappa shape index (κ1) is 27.2. The fraction of sp³-hybridized carbons (Fsp3) is 0.926. The highest BCUT2D eigenvalue weighted by molar-refractivity contribution is 7.80. The average Bonchev–Trinajstić information content (AvgIpc) is 3.04. The minimum absolute atomic E-state index is 0. The van der Waals surface area contributed by atoms with Crippen molar-refractivity contribution < 1.29 is 17.2 Å². The average molecular weight is 484 g/mol. The number of hydrogen-bond acceptors (Lipinski definition) is 4. The van der Waals surface area contributed by atoms with E-state index in [0.29, 0.717) is 24.2 Å². The van der Waals surface area contributed by atoms with Gasteiger partial charge in [-0.05, 0) is 97.7 Å². The maximum atomic E-state index is 11.1. The highest BCUT2D eigenvalue weighted by Crippen LogP contribution is 2.67. The van der Waals surface area contributed by atoms with E-state index >= 15 is 0 Å². The fourth-order valence-corrected chi connectivity index (χ4v) is 9.40. The second-order valence-corrected chi connectivity index (χ2v) is 13.7. The lowest BCUT2D eigenvalue weighted by Crippen LogP contribution is -2.51. The summed E-state index contributed by atoms with van der Waals surface area (Å²) in [5.74, 6) is 4.78. The van der Waals surface area contributed by atoms with Gasteiger partial charge in [0.15, 0.2) is 0 Å². The van der Waals surface area contributed by atoms with Gasteiger partial charge in [-0.3, -0.25) is 4.18 Å². The van der Waals surface area contributed by atoms with Gasteiger partial charge in [-0.2, -0.15) is 0 Å². The van der Waals surface area contributed by atoms with Gasteiger partial charge in [0, 0.05) is 0 Å². The summed E-state index contributed by atoms with van der Waals surface area (Å²) in [6.07, 6.45) is 14.8. The summed E-state index contributed by atoms with van der Waals surface area (Å²) in [6.45, 7) is 12.2. The Labute approximate surface area is 203 Å². The Morgan fingerprint density at radius 2 is 1.79 bits per heavy atom. The Morgan fingerprint density at radius 3 is 2.45 bits per heavy atom. The fourth-order valence-electron chi connectivity index (χ4n) is 8.90. The summed E-state index contributed by atoms with van der Waals surface area (Å²) < 4.78 is 38.2. The molecule has 4 aliphatic carbocycles. The van der Waals surface area contributed by atoms with Crippen LogP contribution in [0.5, 0.6) is 0 Å². The molecule has 5 nitrogen and oxygen atoms in total. The minimum Gasteiger partial charge on any atom is -0.726 e. The van der Waals surface area contributed by atoms with Crippen molar-refractivity contribution in [1.82, 2.24) is 6.15 Å². The van der Waals surface area contributed by atoms with E-state index in [-0.39, 0.29) is 11.6 Å². The van der Waals surface area contributed by atoms with Gasteiger partial charge in [-0.15, -0.1) is 0 Å². The summed E-state index contributed by atoms with van der Waals surface area (Å²) in [4.78, 5) is 0. The van der Waals surface area contributed by atoms with Crippen molar-refractivity contribution >= 4 is 10.4 Å². The predicted octanol–water partition coefficient (Wildman–Crippen LogP) is 7.25. The van der Waals surface area contributed by atoms with Crippen LogP contribution in [0, 0.1) is 46.3 Å². The highest BCUT2D eigenvalue weighted by atomic mass is 32.3. The Bertz CT molecular complexity index is 824. The summed E-state index contributed by atoms with van der Waals surface area (Å²) in [6, 6.07) is 0. The Morgan fingerprint density at radius 1 is 1.06 bits per heavy atom. The summed E-state index contributed by atoms with van der Waals surface area (Å²) in [7, 11) is -4.63. The minimum atomic E-state index is -4.63. The van der Waals surface area contributed by atoms with E-state index in [0.717, 1.165) is 42.4 Å². The van der Waals surface area contributed by atoms with Crippen LogP contribution in [-0.2, 0) is 14.6 Å². The molecule has 4 aliphatic rings. The van der Waals surface area contributed by atoms with Crippen LogP contribution < -0.4 is 6.15 Å². The summed E-state index contributed by atoms with van der Waals surface area (Å²) >= 11 is 0. The van der Waals surface area contributed by atoms with Crippen molar-refractivity contribution in [3.63, 3.8) is 0 Å². The van der Waals surface area contributed by atoms with E-state index in [4.69, 9.17) is 4.18 Å². The van der Waals surface area contributed by atoms with Crippen LogP contribution in [0.4, 0.5) is 0 Å². The first-order valence-electron chi connectivity index (χ1n) is 13.3. The third kappa shape index (κ3) is 5.24. The second kappa shape index (κ2) is 9.91. The van der Waals surface area contributed by atoms with E-state index in [1.54, 1.807) is 0 Å². The molecule has 0 bridgehead atoms. The first-order chi connectivity index (χ1) is 14.9. The molecule has 6 heteroatoms. The molecule has 0 aromatic rings. The van der Waals surface area contributed by atoms with E-state index in [2.05, 4.69) is 40.7 Å². The van der Waals surface area contributed by atoms with Crippen LogP contribution in [0.25, 0.3) is 0 Å². The molecule has 4 rings (SSSR count). The lowest BCUT2D eigenvalue weighted by molar-refractivity contribution is -0.0561. The van der Waals surface area contributed by atoms with Crippen molar-refractivity contribution in [2.45, 2.75) is 111 Å². The zero-order valence-corrected chi connectivity index (χ0v) is 22.8. The zero-order chi connectivity index (χ0) is 23.3.